The van der Waals surface area contributed by atoms with Crippen molar-refractivity contribution in [3.05, 3.63) is 22.7 Å². The number of fused-ring (bicyclic) bond motifs is 2. The van der Waals surface area contributed by atoms with E-state index in [1.54, 1.807) is 0 Å². The van der Waals surface area contributed by atoms with Crippen LogP contribution in [-0.2, 0) is 4.84 Å². The lowest BCUT2D eigenvalue weighted by Crippen LogP contribution is -2.29. The van der Waals surface area contributed by atoms with E-state index in [1.807, 2.05) is 0 Å². The normalized spacial score (nSPS) is 30.1. The van der Waals surface area contributed by atoms with Gasteiger partial charge in [-0.3, -0.25) is 15.3 Å². The monoisotopic (exact) mass is 193 g/mol. The summed E-state index contributed by atoms with van der Waals surface area (Å²) < 4.78 is 0. The van der Waals surface area contributed by atoms with Crippen LogP contribution in [0.2, 0.25) is 0 Å². The Hall–Kier alpha value is -1.16. The molecule has 1 aliphatic carbocycles. The molecular formula is C10H15N3O. The third-order valence-electron chi connectivity index (χ3n) is 3.28. The van der Waals surface area contributed by atoms with Gasteiger partial charge in [-0.25, -0.2) is 0 Å². The van der Waals surface area contributed by atoms with Gasteiger partial charge in [0.05, 0.1) is 18.0 Å². The molecule has 1 unspecified atom stereocenters. The minimum atomic E-state index is 0.573. The molecular weight excluding hydrogens is 178 g/mol. The standard InChI is InChI=1S/C10H15N3O/c1-6-8-4-3-7-5-14-12-9(7)10(8)13(2)11-6/h7,11-12H,3-5H2,1-2H3. The quantitative estimate of drug-likeness (QED) is 0.598. The molecule has 0 bridgehead atoms. The highest BCUT2D eigenvalue weighted by Crippen LogP contribution is 2.39. The van der Waals surface area contributed by atoms with E-state index in [1.165, 1.54) is 29.1 Å². The average molecular weight is 193 g/mol. The van der Waals surface area contributed by atoms with Crippen LogP contribution in [0.25, 0.3) is 0 Å². The number of nitrogens with zero attached hydrogens (tertiary/aromatic N) is 1. The van der Waals surface area contributed by atoms with Gasteiger partial charge in [0.15, 0.2) is 0 Å². The molecule has 1 saturated heterocycles. The molecule has 3 rings (SSSR count). The van der Waals surface area contributed by atoms with Crippen LogP contribution in [0.3, 0.4) is 0 Å². The predicted octanol–water partition coefficient (Wildman–Crippen LogP) is 0.867. The highest BCUT2D eigenvalue weighted by Gasteiger charge is 2.36. The lowest BCUT2D eigenvalue weighted by Gasteiger charge is -2.24. The number of hydrogen-bond acceptors (Lipinski definition) is 4. The smallest absolute Gasteiger partial charge is 0.0834 e. The molecule has 3 aliphatic rings. The molecule has 1 atom stereocenters. The molecule has 1 fully saturated rings. The van der Waals surface area contributed by atoms with E-state index in [9.17, 15) is 0 Å². The maximum Gasteiger partial charge on any atom is 0.0834 e. The maximum atomic E-state index is 5.30. The second kappa shape index (κ2) is 2.67. The molecule has 76 valence electrons. The molecule has 2 heterocycles. The molecule has 4 nitrogen and oxygen atoms in total. The summed E-state index contributed by atoms with van der Waals surface area (Å²) in [5.74, 6) is 0.573. The van der Waals surface area contributed by atoms with E-state index < -0.39 is 0 Å². The molecule has 14 heavy (non-hydrogen) atoms. The van der Waals surface area contributed by atoms with Crippen molar-refractivity contribution < 1.29 is 4.84 Å². The zero-order chi connectivity index (χ0) is 9.71. The molecule has 0 amide bonds. The molecule has 0 spiro atoms. The average Bonchev–Trinajstić information content (AvgIpc) is 2.71. The van der Waals surface area contributed by atoms with Crippen LogP contribution < -0.4 is 10.9 Å². The summed E-state index contributed by atoms with van der Waals surface area (Å²) in [5.41, 5.74) is 11.7. The van der Waals surface area contributed by atoms with Crippen LogP contribution in [0.1, 0.15) is 19.8 Å². The second-order valence-electron chi connectivity index (χ2n) is 4.19. The maximum absolute atomic E-state index is 5.30. The second-order valence-corrected chi connectivity index (χ2v) is 4.19. The number of hydroxylamine groups is 1. The van der Waals surface area contributed by atoms with Gasteiger partial charge in [0, 0.05) is 18.7 Å². The number of allylic oxidation sites excluding steroid dienone is 2. The molecule has 0 radical (unpaired) electrons. The summed E-state index contributed by atoms with van der Waals surface area (Å²) in [4.78, 5) is 5.30. The van der Waals surface area contributed by atoms with Crippen molar-refractivity contribution in [2.24, 2.45) is 5.92 Å². The van der Waals surface area contributed by atoms with Gasteiger partial charge in [-0.15, -0.1) is 0 Å². The van der Waals surface area contributed by atoms with Crippen molar-refractivity contribution >= 4 is 0 Å². The van der Waals surface area contributed by atoms with Crippen LogP contribution in [-0.4, -0.2) is 18.7 Å². The van der Waals surface area contributed by atoms with Gasteiger partial charge in [-0.2, -0.15) is 0 Å². The molecule has 2 N–H and O–H groups in total. The molecule has 0 aromatic carbocycles. The summed E-state index contributed by atoms with van der Waals surface area (Å²) in [6, 6.07) is 0. The summed E-state index contributed by atoms with van der Waals surface area (Å²) >= 11 is 0. The number of rotatable bonds is 0. The van der Waals surface area contributed by atoms with Gasteiger partial charge in [-0.1, -0.05) is 0 Å². The van der Waals surface area contributed by atoms with E-state index in [4.69, 9.17) is 4.84 Å². The summed E-state index contributed by atoms with van der Waals surface area (Å²) in [6.45, 7) is 2.95. The van der Waals surface area contributed by atoms with Crippen molar-refractivity contribution in [1.82, 2.24) is 15.9 Å². The van der Waals surface area contributed by atoms with Crippen LogP contribution in [0.15, 0.2) is 22.7 Å². The van der Waals surface area contributed by atoms with Gasteiger partial charge >= 0.3 is 0 Å². The Morgan fingerprint density at radius 2 is 2.36 bits per heavy atom. The largest absolute Gasteiger partial charge is 0.303 e. The first-order valence-electron chi connectivity index (χ1n) is 5.10. The summed E-state index contributed by atoms with van der Waals surface area (Å²) in [5, 5.41) is 2.09. The highest BCUT2D eigenvalue weighted by atomic mass is 16.7. The predicted molar refractivity (Wildman–Crippen MR) is 52.4 cm³/mol. The Balaban J connectivity index is 2.12. The molecule has 4 heteroatoms. The first-order valence-corrected chi connectivity index (χ1v) is 5.10. The van der Waals surface area contributed by atoms with Crippen LogP contribution in [0.5, 0.6) is 0 Å². The van der Waals surface area contributed by atoms with Crippen molar-refractivity contribution in [1.29, 1.82) is 0 Å². The fourth-order valence-corrected chi connectivity index (χ4v) is 2.58. The van der Waals surface area contributed by atoms with Gasteiger partial charge in [-0.05, 0) is 25.3 Å². The van der Waals surface area contributed by atoms with Gasteiger partial charge in [0.25, 0.3) is 0 Å². The highest BCUT2D eigenvalue weighted by molar-refractivity contribution is 5.43. The van der Waals surface area contributed by atoms with Crippen LogP contribution >= 0.6 is 0 Å². The van der Waals surface area contributed by atoms with Gasteiger partial charge < -0.3 is 5.43 Å². The lowest BCUT2D eigenvalue weighted by atomic mass is 9.88. The Bertz CT molecular complexity index is 345. The fraction of sp³-hybridized carbons (Fsp3) is 0.600. The van der Waals surface area contributed by atoms with Crippen molar-refractivity contribution in [2.45, 2.75) is 19.8 Å². The summed E-state index contributed by atoms with van der Waals surface area (Å²) in [6.07, 6.45) is 2.37. The van der Waals surface area contributed by atoms with E-state index >= 15 is 0 Å². The summed E-state index contributed by atoms with van der Waals surface area (Å²) in [7, 11) is 2.06. The lowest BCUT2D eigenvalue weighted by molar-refractivity contribution is 0.103. The Morgan fingerprint density at radius 3 is 3.21 bits per heavy atom. The number of likely N-dealkylation sites (N-methyl/N-ethyl adjacent to an activating group) is 1. The topological polar surface area (TPSA) is 36.5 Å². The van der Waals surface area contributed by atoms with E-state index in [2.05, 4.69) is 29.9 Å². The molecule has 2 aliphatic heterocycles. The molecule has 0 saturated carbocycles. The van der Waals surface area contributed by atoms with Crippen molar-refractivity contribution in [3.8, 4) is 0 Å². The van der Waals surface area contributed by atoms with E-state index in [0.717, 1.165) is 13.0 Å². The Morgan fingerprint density at radius 1 is 1.50 bits per heavy atom. The zero-order valence-electron chi connectivity index (χ0n) is 8.55. The molecule has 0 aromatic heterocycles. The van der Waals surface area contributed by atoms with Gasteiger partial charge in [0.2, 0.25) is 0 Å². The number of hydrogen-bond donors (Lipinski definition) is 2. The minimum absolute atomic E-state index is 0.573. The van der Waals surface area contributed by atoms with Crippen molar-refractivity contribution in [2.75, 3.05) is 13.7 Å². The first kappa shape index (κ1) is 8.17. The third kappa shape index (κ3) is 0.917. The van der Waals surface area contributed by atoms with Crippen molar-refractivity contribution in [3.63, 3.8) is 0 Å². The fourth-order valence-electron chi connectivity index (χ4n) is 2.58. The first-order chi connectivity index (χ1) is 6.77. The van der Waals surface area contributed by atoms with Crippen LogP contribution in [0.4, 0.5) is 0 Å². The third-order valence-corrected chi connectivity index (χ3v) is 3.28. The minimum Gasteiger partial charge on any atom is -0.303 e. The zero-order valence-corrected chi connectivity index (χ0v) is 8.55. The van der Waals surface area contributed by atoms with E-state index in [0.29, 0.717) is 5.92 Å². The Kier molecular flexibility index (Phi) is 1.56. The van der Waals surface area contributed by atoms with Crippen LogP contribution in [0, 0.1) is 5.92 Å². The Labute approximate surface area is 83.5 Å². The number of nitrogens with one attached hydrogen (secondary N) is 2. The SMILES string of the molecule is CC1=C2CCC3CONC3=C2N(C)N1. The number of hydrazine groups is 1. The van der Waals surface area contributed by atoms with Gasteiger partial charge in [0.1, 0.15) is 0 Å². The van der Waals surface area contributed by atoms with E-state index in [-0.39, 0.29) is 0 Å². The molecule has 0 aromatic rings.